The van der Waals surface area contributed by atoms with Crippen molar-refractivity contribution in [3.8, 4) is 11.1 Å². The lowest BCUT2D eigenvalue weighted by Gasteiger charge is -2.39. The van der Waals surface area contributed by atoms with Gasteiger partial charge in [-0.15, -0.1) is 13.2 Å². The molecular formula is C55H43N. The zero-order chi connectivity index (χ0) is 39.6. The number of anilines is 3. The van der Waals surface area contributed by atoms with E-state index >= 15 is 0 Å². The third-order valence-corrected chi connectivity index (χ3v) is 11.3. The zero-order valence-electron chi connectivity index (χ0n) is 33.3. The number of nitrogens with zero attached hydrogens (tertiary/aromatic N) is 1. The quantitative estimate of drug-likeness (QED) is 0.0950. The first kappa shape index (κ1) is 32.5. The van der Waals surface area contributed by atoms with Crippen molar-refractivity contribution in [3.63, 3.8) is 0 Å². The van der Waals surface area contributed by atoms with E-state index in [9.17, 15) is 2.74 Å². The van der Waals surface area contributed by atoms with Gasteiger partial charge in [0.15, 0.2) is 0 Å². The third-order valence-electron chi connectivity index (χ3n) is 11.3. The van der Waals surface area contributed by atoms with Crippen molar-refractivity contribution in [1.29, 1.82) is 0 Å². The standard InChI is InChI=1S/C55H43N/c1-3-19-44(4-2)55(45-26-12-7-13-27-45)52-30-17-16-29-49(52)50-37-36-47(39-53(50)55)56(54-31-18-25-41-24-14-15-28-48(41)54)46-34-32-43(33-35-46)51(42-22-10-6-11-23-42)38-40-20-8-5-9-21-40/h3-18,20-39,44H,1-2,19H2/b51-38+/i32D,35D. The summed E-state index contributed by atoms with van der Waals surface area (Å²) in [5, 5.41) is 2.16. The second-order valence-corrected chi connectivity index (χ2v) is 14.4. The Labute approximate surface area is 333 Å². The predicted octanol–water partition coefficient (Wildman–Crippen LogP) is 14.6. The van der Waals surface area contributed by atoms with Crippen LogP contribution in [0.5, 0.6) is 0 Å². The van der Waals surface area contributed by atoms with Crippen molar-refractivity contribution in [2.45, 2.75) is 11.8 Å². The minimum Gasteiger partial charge on any atom is -0.310 e. The van der Waals surface area contributed by atoms with Gasteiger partial charge in [0.05, 0.1) is 13.8 Å². The lowest BCUT2D eigenvalue weighted by Crippen LogP contribution is -2.35. The molecule has 0 aliphatic heterocycles. The second kappa shape index (κ2) is 15.1. The Bertz CT molecular complexity index is 2820. The van der Waals surface area contributed by atoms with Gasteiger partial charge in [-0.3, -0.25) is 0 Å². The molecule has 0 bridgehead atoms. The highest BCUT2D eigenvalue weighted by atomic mass is 15.1. The van der Waals surface area contributed by atoms with Gasteiger partial charge in [-0.05, 0) is 104 Å². The molecule has 9 rings (SSSR count). The summed E-state index contributed by atoms with van der Waals surface area (Å²) in [4.78, 5) is 2.19. The molecular weight excluding hydrogens is 675 g/mol. The molecule has 1 aliphatic carbocycles. The second-order valence-electron chi connectivity index (χ2n) is 14.4. The van der Waals surface area contributed by atoms with E-state index in [0.29, 0.717) is 23.3 Å². The number of hydrogen-bond donors (Lipinski definition) is 0. The fourth-order valence-corrected chi connectivity index (χ4v) is 8.82. The molecule has 0 heterocycles. The zero-order valence-corrected chi connectivity index (χ0v) is 31.3. The molecule has 268 valence electrons. The molecule has 0 radical (unpaired) electrons. The average molecular weight is 720 g/mol. The highest BCUT2D eigenvalue weighted by molar-refractivity contribution is 6.00. The first-order valence-electron chi connectivity index (χ1n) is 20.3. The van der Waals surface area contributed by atoms with E-state index in [4.69, 9.17) is 0 Å². The SMILES string of the molecule is [2H]c1cc(N(c2ccc3c(c2)C(c2ccccc2)(C(C=C)CC=C)c2ccccc2-3)c2cccc3ccccc23)c([2H])cc1/C(=C/c1ccccc1)c1ccccc1. The maximum Gasteiger partial charge on any atom is 0.0645 e. The number of hydrogen-bond acceptors (Lipinski definition) is 1. The largest absolute Gasteiger partial charge is 0.310 e. The van der Waals surface area contributed by atoms with Crippen LogP contribution in [0.4, 0.5) is 17.1 Å². The number of allylic oxidation sites excluding steroid dienone is 2. The van der Waals surface area contributed by atoms with Crippen LogP contribution in [0.2, 0.25) is 0 Å². The monoisotopic (exact) mass is 719 g/mol. The van der Waals surface area contributed by atoms with Crippen molar-refractivity contribution in [2.75, 3.05) is 4.90 Å². The van der Waals surface area contributed by atoms with E-state index < -0.39 is 5.41 Å². The number of rotatable bonds is 11. The molecule has 0 saturated carbocycles. The Morgan fingerprint density at radius 3 is 2.05 bits per heavy atom. The first-order chi connectivity index (χ1) is 28.5. The van der Waals surface area contributed by atoms with Crippen LogP contribution in [0.25, 0.3) is 33.5 Å². The van der Waals surface area contributed by atoms with Gasteiger partial charge in [-0.2, -0.15) is 0 Å². The maximum atomic E-state index is 9.83. The van der Waals surface area contributed by atoms with E-state index in [1.54, 1.807) is 0 Å². The Morgan fingerprint density at radius 1 is 0.589 bits per heavy atom. The molecule has 8 aromatic carbocycles. The van der Waals surface area contributed by atoms with Gasteiger partial charge < -0.3 is 4.90 Å². The van der Waals surface area contributed by atoms with E-state index in [2.05, 4.69) is 170 Å². The van der Waals surface area contributed by atoms with Gasteiger partial charge in [0, 0.05) is 16.8 Å². The smallest absolute Gasteiger partial charge is 0.0645 e. The van der Waals surface area contributed by atoms with Crippen LogP contribution in [-0.4, -0.2) is 0 Å². The maximum absolute atomic E-state index is 9.83. The van der Waals surface area contributed by atoms with Crippen molar-refractivity contribution in [3.05, 3.63) is 259 Å². The Kier molecular flexibility index (Phi) is 8.73. The number of benzene rings is 8. The van der Waals surface area contributed by atoms with Gasteiger partial charge in [0.2, 0.25) is 0 Å². The summed E-state index contributed by atoms with van der Waals surface area (Å²) in [7, 11) is 0. The molecule has 56 heavy (non-hydrogen) atoms. The Balaban J connectivity index is 1.31. The van der Waals surface area contributed by atoms with Crippen molar-refractivity contribution in [2.24, 2.45) is 5.92 Å². The molecule has 0 spiro atoms. The van der Waals surface area contributed by atoms with Gasteiger partial charge in [0.25, 0.3) is 0 Å². The molecule has 0 N–H and O–H groups in total. The normalized spacial score (nSPS) is 15.6. The summed E-state index contributed by atoms with van der Waals surface area (Å²) in [6.45, 7) is 8.60. The van der Waals surface area contributed by atoms with Crippen LogP contribution in [0.3, 0.4) is 0 Å². The van der Waals surface area contributed by atoms with Gasteiger partial charge >= 0.3 is 0 Å². The van der Waals surface area contributed by atoms with Crippen LogP contribution in [0.15, 0.2) is 225 Å². The lowest BCUT2D eigenvalue weighted by molar-refractivity contribution is 0.461. The van der Waals surface area contributed by atoms with E-state index in [-0.39, 0.29) is 5.92 Å². The van der Waals surface area contributed by atoms with Gasteiger partial charge in [-0.1, -0.05) is 182 Å². The molecule has 1 aliphatic rings. The highest BCUT2D eigenvalue weighted by Gasteiger charge is 2.48. The third kappa shape index (κ3) is 5.99. The van der Waals surface area contributed by atoms with Gasteiger partial charge in [0.1, 0.15) is 0 Å². The topological polar surface area (TPSA) is 3.24 Å². The minimum atomic E-state index is -0.551. The molecule has 0 amide bonds. The van der Waals surface area contributed by atoms with E-state index in [1.807, 2.05) is 54.6 Å². The van der Waals surface area contributed by atoms with Crippen molar-refractivity contribution < 1.29 is 2.74 Å². The van der Waals surface area contributed by atoms with Crippen molar-refractivity contribution in [1.82, 2.24) is 0 Å². The summed E-state index contributed by atoms with van der Waals surface area (Å²) in [6.07, 6.45) is 6.95. The molecule has 1 heteroatoms. The van der Waals surface area contributed by atoms with Crippen LogP contribution in [0, 0.1) is 5.92 Å². The van der Waals surface area contributed by atoms with Crippen LogP contribution in [0.1, 0.15) is 42.5 Å². The lowest BCUT2D eigenvalue weighted by atomic mass is 9.63. The summed E-state index contributed by atoms with van der Waals surface area (Å²) in [5.41, 5.74) is 11.6. The Morgan fingerprint density at radius 2 is 1.27 bits per heavy atom. The molecule has 0 saturated heterocycles. The predicted molar refractivity (Wildman–Crippen MR) is 239 cm³/mol. The van der Waals surface area contributed by atoms with E-state index in [0.717, 1.165) is 45.3 Å². The van der Waals surface area contributed by atoms with Crippen LogP contribution >= 0.6 is 0 Å². The molecule has 1 nitrogen and oxygen atoms in total. The average Bonchev–Trinajstić information content (AvgIpc) is 3.57. The Hall–Kier alpha value is -6.96. The summed E-state index contributed by atoms with van der Waals surface area (Å²) >= 11 is 0. The minimum absolute atomic E-state index is 0.00901. The molecule has 2 atom stereocenters. The fraction of sp³-hybridized carbons (Fsp3) is 0.0545. The fourth-order valence-electron chi connectivity index (χ4n) is 8.82. The highest BCUT2D eigenvalue weighted by Crippen LogP contribution is 2.58. The van der Waals surface area contributed by atoms with Crippen molar-refractivity contribution >= 4 is 39.5 Å². The van der Waals surface area contributed by atoms with E-state index in [1.165, 1.54) is 27.8 Å². The molecule has 0 fully saturated rings. The molecule has 0 aromatic heterocycles. The summed E-state index contributed by atoms with van der Waals surface area (Å²) in [6, 6.07) is 65.8. The van der Waals surface area contributed by atoms with Crippen LogP contribution in [-0.2, 0) is 5.41 Å². The molecule has 2 unspecified atom stereocenters. The van der Waals surface area contributed by atoms with Gasteiger partial charge in [-0.25, -0.2) is 0 Å². The molecule has 8 aromatic rings. The van der Waals surface area contributed by atoms with Crippen LogP contribution < -0.4 is 4.90 Å². The summed E-state index contributed by atoms with van der Waals surface area (Å²) < 4.78 is 19.5. The first-order valence-corrected chi connectivity index (χ1v) is 19.3. The number of fused-ring (bicyclic) bond motifs is 4. The summed E-state index contributed by atoms with van der Waals surface area (Å²) in [5.74, 6) is 0.00901.